The third-order valence-corrected chi connectivity index (χ3v) is 3.02. The molecule has 0 heterocycles. The van der Waals surface area contributed by atoms with Gasteiger partial charge in [-0.25, -0.2) is 0 Å². The zero-order valence-corrected chi connectivity index (χ0v) is 12.3. The van der Waals surface area contributed by atoms with Gasteiger partial charge >= 0.3 is 5.97 Å². The molecule has 0 aromatic heterocycles. The van der Waals surface area contributed by atoms with Gasteiger partial charge in [-0.15, -0.1) is 0 Å². The van der Waals surface area contributed by atoms with Crippen molar-refractivity contribution in [2.75, 3.05) is 6.61 Å². The molecule has 0 aliphatic heterocycles. The summed E-state index contributed by atoms with van der Waals surface area (Å²) in [5, 5.41) is 9.69. The average Bonchev–Trinajstić information content (AvgIpc) is 2.29. The van der Waals surface area contributed by atoms with Crippen LogP contribution in [0.15, 0.2) is 0 Å². The topological polar surface area (TPSA) is 46.5 Å². The van der Waals surface area contributed by atoms with Gasteiger partial charge in [0.1, 0.15) is 0 Å². The number of carbonyl (C=O) groups excluding carboxylic acids is 1. The average molecular weight is 258 g/mol. The molecule has 0 unspecified atom stereocenters. The van der Waals surface area contributed by atoms with Crippen molar-refractivity contribution in [3.8, 4) is 0 Å². The van der Waals surface area contributed by atoms with E-state index in [4.69, 9.17) is 4.74 Å². The van der Waals surface area contributed by atoms with E-state index in [0.717, 1.165) is 25.7 Å². The summed E-state index contributed by atoms with van der Waals surface area (Å²) in [6.45, 7) is 6.90. The smallest absolute Gasteiger partial charge is 0.305 e. The van der Waals surface area contributed by atoms with E-state index in [1.165, 1.54) is 12.8 Å². The fourth-order valence-electron chi connectivity index (χ4n) is 1.74. The normalized spacial score (nSPS) is 12.7. The largest absolute Gasteiger partial charge is 0.466 e. The summed E-state index contributed by atoms with van der Waals surface area (Å²) in [6.07, 6.45) is 6.83. The Labute approximate surface area is 112 Å². The Bertz CT molecular complexity index is 202. The van der Waals surface area contributed by atoms with Crippen molar-refractivity contribution >= 4 is 5.97 Å². The van der Waals surface area contributed by atoms with Crippen LogP contribution in [0, 0.1) is 5.92 Å². The van der Waals surface area contributed by atoms with Crippen LogP contribution >= 0.6 is 0 Å². The third kappa shape index (κ3) is 11.9. The van der Waals surface area contributed by atoms with E-state index in [0.29, 0.717) is 25.4 Å². The number of esters is 1. The van der Waals surface area contributed by atoms with Crippen LogP contribution in [0.1, 0.15) is 72.1 Å². The summed E-state index contributed by atoms with van der Waals surface area (Å²) in [4.78, 5) is 11.4. The maximum Gasteiger partial charge on any atom is 0.305 e. The molecular weight excluding hydrogens is 228 g/mol. The van der Waals surface area contributed by atoms with Crippen LogP contribution in [-0.4, -0.2) is 23.8 Å². The number of rotatable bonds is 11. The van der Waals surface area contributed by atoms with Gasteiger partial charge < -0.3 is 9.84 Å². The van der Waals surface area contributed by atoms with Gasteiger partial charge in [-0.2, -0.15) is 0 Å². The zero-order chi connectivity index (χ0) is 13.8. The molecule has 0 radical (unpaired) electrons. The quantitative estimate of drug-likeness (QED) is 0.454. The molecule has 0 spiro atoms. The molecule has 0 amide bonds. The van der Waals surface area contributed by atoms with Gasteiger partial charge in [0.05, 0.1) is 12.7 Å². The Balaban J connectivity index is 3.38. The van der Waals surface area contributed by atoms with E-state index < -0.39 is 0 Å². The Kier molecular flexibility index (Phi) is 11.2. The number of aliphatic hydroxyl groups is 1. The van der Waals surface area contributed by atoms with Gasteiger partial charge in [-0.3, -0.25) is 4.79 Å². The van der Waals surface area contributed by atoms with Crippen LogP contribution in [0.3, 0.4) is 0 Å². The fourth-order valence-corrected chi connectivity index (χ4v) is 1.74. The zero-order valence-electron chi connectivity index (χ0n) is 12.3. The molecule has 0 saturated heterocycles. The first-order valence-corrected chi connectivity index (χ1v) is 7.40. The fraction of sp³-hybridized carbons (Fsp3) is 0.933. The van der Waals surface area contributed by atoms with E-state index in [2.05, 4.69) is 20.8 Å². The first-order chi connectivity index (χ1) is 8.56. The summed E-state index contributed by atoms with van der Waals surface area (Å²) in [5.41, 5.74) is 0. The van der Waals surface area contributed by atoms with Crippen LogP contribution in [-0.2, 0) is 9.53 Å². The molecule has 3 heteroatoms. The van der Waals surface area contributed by atoms with Gasteiger partial charge in [0, 0.05) is 6.42 Å². The van der Waals surface area contributed by atoms with Gasteiger partial charge in [0.15, 0.2) is 0 Å². The number of carbonyl (C=O) groups is 1. The Hall–Kier alpha value is -0.570. The van der Waals surface area contributed by atoms with Gasteiger partial charge in [0.25, 0.3) is 0 Å². The first kappa shape index (κ1) is 17.4. The van der Waals surface area contributed by atoms with Crippen molar-refractivity contribution in [1.29, 1.82) is 0 Å². The highest BCUT2D eigenvalue weighted by atomic mass is 16.5. The number of hydrogen-bond donors (Lipinski definition) is 1. The molecule has 0 rings (SSSR count). The number of ether oxygens (including phenoxy) is 1. The molecule has 0 aromatic rings. The van der Waals surface area contributed by atoms with Crippen LogP contribution in [0.25, 0.3) is 0 Å². The van der Waals surface area contributed by atoms with Gasteiger partial charge in [-0.1, -0.05) is 40.0 Å². The van der Waals surface area contributed by atoms with Gasteiger partial charge in [0.2, 0.25) is 0 Å². The molecular formula is C15H30O3. The Morgan fingerprint density at radius 3 is 2.39 bits per heavy atom. The highest BCUT2D eigenvalue weighted by Crippen LogP contribution is 2.10. The van der Waals surface area contributed by atoms with Crippen molar-refractivity contribution in [2.45, 2.75) is 78.2 Å². The van der Waals surface area contributed by atoms with Crippen molar-refractivity contribution < 1.29 is 14.6 Å². The SMILES string of the molecule is CCCCC[C@H](O)CCCC(=O)OCCC(C)C. The summed E-state index contributed by atoms with van der Waals surface area (Å²) in [5.74, 6) is 0.439. The Morgan fingerprint density at radius 2 is 1.78 bits per heavy atom. The summed E-state index contributed by atoms with van der Waals surface area (Å²) >= 11 is 0. The second-order valence-electron chi connectivity index (χ2n) is 5.44. The molecule has 18 heavy (non-hydrogen) atoms. The number of aliphatic hydroxyl groups excluding tert-OH is 1. The van der Waals surface area contributed by atoms with Crippen molar-refractivity contribution in [1.82, 2.24) is 0 Å². The van der Waals surface area contributed by atoms with E-state index in [1.54, 1.807) is 0 Å². The monoisotopic (exact) mass is 258 g/mol. The minimum atomic E-state index is -0.250. The van der Waals surface area contributed by atoms with E-state index in [1.807, 2.05) is 0 Å². The molecule has 0 saturated carbocycles. The predicted molar refractivity (Wildman–Crippen MR) is 74.4 cm³/mol. The molecule has 0 bridgehead atoms. The lowest BCUT2D eigenvalue weighted by atomic mass is 10.1. The van der Waals surface area contributed by atoms with Gasteiger partial charge in [-0.05, 0) is 31.6 Å². The van der Waals surface area contributed by atoms with Crippen molar-refractivity contribution in [3.63, 3.8) is 0 Å². The van der Waals surface area contributed by atoms with E-state index >= 15 is 0 Å². The van der Waals surface area contributed by atoms with Crippen LogP contribution < -0.4 is 0 Å². The molecule has 0 aliphatic rings. The standard InChI is InChI=1S/C15H30O3/c1-4-5-6-8-14(16)9-7-10-15(17)18-12-11-13(2)3/h13-14,16H,4-12H2,1-3H3/t14-/m0/s1. The Morgan fingerprint density at radius 1 is 1.11 bits per heavy atom. The lowest BCUT2D eigenvalue weighted by molar-refractivity contribution is -0.144. The van der Waals surface area contributed by atoms with Crippen molar-refractivity contribution in [2.24, 2.45) is 5.92 Å². The van der Waals surface area contributed by atoms with Crippen LogP contribution in [0.5, 0.6) is 0 Å². The minimum absolute atomic E-state index is 0.128. The minimum Gasteiger partial charge on any atom is -0.466 e. The lowest BCUT2D eigenvalue weighted by Gasteiger charge is -2.10. The van der Waals surface area contributed by atoms with Crippen LogP contribution in [0.4, 0.5) is 0 Å². The van der Waals surface area contributed by atoms with Crippen LogP contribution in [0.2, 0.25) is 0 Å². The third-order valence-electron chi connectivity index (χ3n) is 3.02. The molecule has 108 valence electrons. The highest BCUT2D eigenvalue weighted by molar-refractivity contribution is 5.69. The summed E-state index contributed by atoms with van der Waals surface area (Å²) < 4.78 is 5.11. The summed E-state index contributed by atoms with van der Waals surface area (Å²) in [7, 11) is 0. The van der Waals surface area contributed by atoms with E-state index in [9.17, 15) is 9.90 Å². The maximum absolute atomic E-state index is 11.4. The second kappa shape index (κ2) is 11.5. The predicted octanol–water partition coefficient (Wildman–Crippen LogP) is 3.69. The highest BCUT2D eigenvalue weighted by Gasteiger charge is 2.07. The van der Waals surface area contributed by atoms with E-state index in [-0.39, 0.29) is 12.1 Å². The second-order valence-corrected chi connectivity index (χ2v) is 5.44. The maximum atomic E-state index is 11.4. The molecule has 3 nitrogen and oxygen atoms in total. The first-order valence-electron chi connectivity index (χ1n) is 7.40. The number of hydrogen-bond acceptors (Lipinski definition) is 3. The molecule has 1 atom stereocenters. The molecule has 1 N–H and O–H groups in total. The molecule has 0 fully saturated rings. The number of unbranched alkanes of at least 4 members (excludes halogenated alkanes) is 2. The molecule has 0 aliphatic carbocycles. The lowest BCUT2D eigenvalue weighted by Crippen LogP contribution is -2.10. The molecule has 0 aromatic carbocycles. The summed E-state index contributed by atoms with van der Waals surface area (Å²) in [6, 6.07) is 0. The van der Waals surface area contributed by atoms with Crippen molar-refractivity contribution in [3.05, 3.63) is 0 Å².